The third-order valence-electron chi connectivity index (χ3n) is 5.13. The minimum Gasteiger partial charge on any atom is -0.493 e. The molecule has 0 saturated carbocycles. The maximum Gasteiger partial charge on any atom is 0.193 e. The minimum atomic E-state index is 0. The minimum absolute atomic E-state index is 0. The Labute approximate surface area is 190 Å². The first-order valence-electron chi connectivity index (χ1n) is 9.70. The Morgan fingerprint density at radius 1 is 1.07 bits per heavy atom. The van der Waals surface area contributed by atoms with Crippen molar-refractivity contribution in [2.75, 3.05) is 39.2 Å². The van der Waals surface area contributed by atoms with Crippen LogP contribution in [-0.4, -0.2) is 44.7 Å². The number of rotatable bonds is 7. The molecule has 0 aliphatic carbocycles. The smallest absolute Gasteiger partial charge is 0.193 e. The van der Waals surface area contributed by atoms with Crippen LogP contribution in [0, 0.1) is 6.92 Å². The predicted molar refractivity (Wildman–Crippen MR) is 130 cm³/mol. The van der Waals surface area contributed by atoms with E-state index in [1.54, 1.807) is 14.2 Å². The number of anilines is 1. The molecule has 1 heterocycles. The van der Waals surface area contributed by atoms with Crippen LogP contribution in [0.2, 0.25) is 0 Å². The fourth-order valence-corrected chi connectivity index (χ4v) is 3.56. The van der Waals surface area contributed by atoms with Gasteiger partial charge in [-0.15, -0.1) is 24.0 Å². The molecule has 1 saturated heterocycles. The van der Waals surface area contributed by atoms with Crippen molar-refractivity contribution in [1.29, 1.82) is 0 Å². The van der Waals surface area contributed by atoms with E-state index < -0.39 is 0 Å². The number of likely N-dealkylation sites (tertiary alicyclic amines) is 1. The molecule has 2 aromatic carbocycles. The first kappa shape index (κ1) is 23.3. The molecule has 158 valence electrons. The number of aryl methyl sites for hydroxylation is 1. The number of ether oxygens (including phenoxy) is 2. The Balaban J connectivity index is 0.00000300. The van der Waals surface area contributed by atoms with Crippen molar-refractivity contribution < 1.29 is 9.47 Å². The molecule has 0 spiro atoms. The number of nitrogens with zero attached hydrogens (tertiary/aromatic N) is 2. The quantitative estimate of drug-likeness (QED) is 0.332. The molecule has 0 bridgehead atoms. The van der Waals surface area contributed by atoms with E-state index in [9.17, 15) is 0 Å². The molecule has 0 radical (unpaired) electrons. The third kappa shape index (κ3) is 6.24. The molecular weight excluding hydrogens is 479 g/mol. The summed E-state index contributed by atoms with van der Waals surface area (Å²) in [6.07, 6.45) is 2.48. The molecule has 6 nitrogen and oxygen atoms in total. The maximum atomic E-state index is 6.17. The highest BCUT2D eigenvalue weighted by Crippen LogP contribution is 2.30. The van der Waals surface area contributed by atoms with Gasteiger partial charge in [0, 0.05) is 11.8 Å². The van der Waals surface area contributed by atoms with Crippen LogP contribution in [0.3, 0.4) is 0 Å². The van der Waals surface area contributed by atoms with Crippen LogP contribution in [0.4, 0.5) is 5.69 Å². The van der Waals surface area contributed by atoms with Crippen molar-refractivity contribution in [2.24, 2.45) is 10.7 Å². The Hall–Kier alpha value is -2.00. The maximum absolute atomic E-state index is 6.17. The Morgan fingerprint density at radius 2 is 1.72 bits per heavy atom. The molecule has 0 amide bonds. The SMILES string of the molecule is COc1ccc(NC(N)=NCC(c2ccc(C)cc2)N2CCCC2)cc1OC.I. The number of halogens is 1. The van der Waals surface area contributed by atoms with Crippen LogP contribution in [-0.2, 0) is 0 Å². The van der Waals surface area contributed by atoms with Crippen molar-refractivity contribution in [3.63, 3.8) is 0 Å². The summed E-state index contributed by atoms with van der Waals surface area (Å²) in [7, 11) is 3.23. The third-order valence-corrected chi connectivity index (χ3v) is 5.13. The predicted octanol–water partition coefficient (Wildman–Crippen LogP) is 4.19. The van der Waals surface area contributed by atoms with Gasteiger partial charge in [-0.3, -0.25) is 9.89 Å². The van der Waals surface area contributed by atoms with Crippen molar-refractivity contribution in [2.45, 2.75) is 25.8 Å². The molecule has 1 unspecified atom stereocenters. The van der Waals surface area contributed by atoms with E-state index in [0.717, 1.165) is 18.8 Å². The van der Waals surface area contributed by atoms with Crippen LogP contribution < -0.4 is 20.5 Å². The number of nitrogens with two attached hydrogens (primary N) is 1. The van der Waals surface area contributed by atoms with Gasteiger partial charge in [0.1, 0.15) is 0 Å². The standard InChI is InChI=1S/C22H30N4O2.HI/c1-16-6-8-17(9-7-16)19(26-12-4-5-13-26)15-24-22(23)25-18-10-11-20(27-2)21(14-18)28-3;/h6-11,14,19H,4-5,12-13,15H2,1-3H3,(H3,23,24,25);1H. The molecule has 1 aliphatic rings. The molecule has 3 rings (SSSR count). The normalized spacial score (nSPS) is 15.5. The summed E-state index contributed by atoms with van der Waals surface area (Å²) in [6, 6.07) is 14.5. The second-order valence-electron chi connectivity index (χ2n) is 7.09. The number of hydrogen-bond acceptors (Lipinski definition) is 4. The van der Waals surface area contributed by atoms with Gasteiger partial charge in [-0.1, -0.05) is 29.8 Å². The van der Waals surface area contributed by atoms with Gasteiger partial charge >= 0.3 is 0 Å². The van der Waals surface area contributed by atoms with Gasteiger partial charge in [0.05, 0.1) is 26.8 Å². The average Bonchev–Trinajstić information content (AvgIpc) is 3.24. The van der Waals surface area contributed by atoms with Crippen LogP contribution in [0.15, 0.2) is 47.5 Å². The highest BCUT2D eigenvalue weighted by molar-refractivity contribution is 14.0. The molecule has 1 atom stereocenters. The number of hydrogen-bond donors (Lipinski definition) is 2. The zero-order valence-electron chi connectivity index (χ0n) is 17.4. The van der Waals surface area contributed by atoms with Crippen molar-refractivity contribution >= 4 is 35.6 Å². The van der Waals surface area contributed by atoms with Gasteiger partial charge in [-0.25, -0.2) is 0 Å². The molecule has 7 heteroatoms. The summed E-state index contributed by atoms with van der Waals surface area (Å²) in [5.74, 6) is 1.72. The number of nitrogens with one attached hydrogen (secondary N) is 1. The van der Waals surface area contributed by atoms with Gasteiger partial charge in [-0.2, -0.15) is 0 Å². The van der Waals surface area contributed by atoms with Crippen LogP contribution in [0.5, 0.6) is 11.5 Å². The molecule has 3 N–H and O–H groups in total. The van der Waals surface area contributed by atoms with Gasteiger partial charge < -0.3 is 20.5 Å². The summed E-state index contributed by atoms with van der Waals surface area (Å²) < 4.78 is 10.6. The summed E-state index contributed by atoms with van der Waals surface area (Å²) in [5.41, 5.74) is 9.53. The zero-order chi connectivity index (χ0) is 19.9. The molecule has 29 heavy (non-hydrogen) atoms. The monoisotopic (exact) mass is 510 g/mol. The average molecular weight is 510 g/mol. The van der Waals surface area contributed by atoms with Crippen molar-refractivity contribution in [3.8, 4) is 11.5 Å². The lowest BCUT2D eigenvalue weighted by Gasteiger charge is -2.27. The largest absolute Gasteiger partial charge is 0.493 e. The molecule has 1 fully saturated rings. The van der Waals surface area contributed by atoms with Gasteiger partial charge in [-0.05, 0) is 50.6 Å². The van der Waals surface area contributed by atoms with Gasteiger partial charge in [0.15, 0.2) is 17.5 Å². The Morgan fingerprint density at radius 3 is 2.34 bits per heavy atom. The van der Waals surface area contributed by atoms with E-state index >= 15 is 0 Å². The van der Waals surface area contributed by atoms with E-state index in [0.29, 0.717) is 24.0 Å². The molecule has 0 aromatic heterocycles. The van der Waals surface area contributed by atoms with Gasteiger partial charge in [0.2, 0.25) is 0 Å². The lowest BCUT2D eigenvalue weighted by Crippen LogP contribution is -2.30. The van der Waals surface area contributed by atoms with Crippen LogP contribution in [0.25, 0.3) is 0 Å². The fourth-order valence-electron chi connectivity index (χ4n) is 3.56. The molecule has 2 aromatic rings. The van der Waals surface area contributed by atoms with Gasteiger partial charge in [0.25, 0.3) is 0 Å². The summed E-state index contributed by atoms with van der Waals surface area (Å²) >= 11 is 0. The Kier molecular flexibility index (Phi) is 9.03. The van der Waals surface area contributed by atoms with Crippen LogP contribution >= 0.6 is 24.0 Å². The van der Waals surface area contributed by atoms with Crippen molar-refractivity contribution in [1.82, 2.24) is 4.90 Å². The van der Waals surface area contributed by atoms with E-state index in [4.69, 9.17) is 15.2 Å². The zero-order valence-corrected chi connectivity index (χ0v) is 19.7. The number of methoxy groups -OCH3 is 2. The Bertz CT molecular complexity index is 805. The van der Waals surface area contributed by atoms with E-state index in [-0.39, 0.29) is 30.0 Å². The number of aliphatic imine (C=N–C) groups is 1. The number of benzene rings is 2. The number of guanidine groups is 1. The van der Waals surface area contributed by atoms with Crippen LogP contribution in [0.1, 0.15) is 30.0 Å². The summed E-state index contributed by atoms with van der Waals surface area (Å²) in [4.78, 5) is 7.13. The fraction of sp³-hybridized carbons (Fsp3) is 0.409. The van der Waals surface area contributed by atoms with E-state index in [1.807, 2.05) is 18.2 Å². The molecular formula is C22H31IN4O2. The molecule has 1 aliphatic heterocycles. The van der Waals surface area contributed by atoms with E-state index in [1.165, 1.54) is 24.0 Å². The topological polar surface area (TPSA) is 72.1 Å². The first-order chi connectivity index (χ1) is 13.6. The highest BCUT2D eigenvalue weighted by Gasteiger charge is 2.23. The lowest BCUT2D eigenvalue weighted by molar-refractivity contribution is 0.252. The van der Waals surface area contributed by atoms with Crippen molar-refractivity contribution in [3.05, 3.63) is 53.6 Å². The second kappa shape index (κ2) is 11.3. The first-order valence-corrected chi connectivity index (χ1v) is 9.70. The summed E-state index contributed by atoms with van der Waals surface area (Å²) in [5, 5.41) is 3.15. The summed E-state index contributed by atoms with van der Waals surface area (Å²) in [6.45, 7) is 4.95. The highest BCUT2D eigenvalue weighted by atomic mass is 127. The van der Waals surface area contributed by atoms with E-state index in [2.05, 4.69) is 46.4 Å². The second-order valence-corrected chi connectivity index (χ2v) is 7.09. The lowest BCUT2D eigenvalue weighted by atomic mass is 10.0.